The lowest BCUT2D eigenvalue weighted by Crippen LogP contribution is -2.39. The van der Waals surface area contributed by atoms with Crippen LogP contribution in [0.3, 0.4) is 0 Å². The summed E-state index contributed by atoms with van der Waals surface area (Å²) in [5.74, 6) is 1.17. The van der Waals surface area contributed by atoms with Gasteiger partial charge in [0.25, 0.3) is 0 Å². The Bertz CT molecular complexity index is 595. The number of likely N-dealkylation sites (tertiary alicyclic amines) is 1. The Kier molecular flexibility index (Phi) is 9.88. The van der Waals surface area contributed by atoms with Crippen LogP contribution < -0.4 is 10.6 Å². The van der Waals surface area contributed by atoms with Crippen molar-refractivity contribution in [3.05, 3.63) is 12.2 Å². The SMILES string of the molecule is CCCCOCCNC(=NCCCN1C(=O)C2C3C=CC(C3)C2C1=O)NCC.I. The van der Waals surface area contributed by atoms with Gasteiger partial charge in [-0.1, -0.05) is 25.5 Å². The van der Waals surface area contributed by atoms with Crippen molar-refractivity contribution in [2.45, 2.75) is 39.5 Å². The van der Waals surface area contributed by atoms with Crippen LogP contribution in [0.15, 0.2) is 17.1 Å². The molecule has 2 fully saturated rings. The van der Waals surface area contributed by atoms with Crippen LogP contribution in [0.25, 0.3) is 0 Å². The van der Waals surface area contributed by atoms with Crippen molar-refractivity contribution in [1.29, 1.82) is 0 Å². The number of hydrogen-bond donors (Lipinski definition) is 2. The van der Waals surface area contributed by atoms with Gasteiger partial charge < -0.3 is 15.4 Å². The number of carbonyl (C=O) groups excluding carboxylic acids is 2. The van der Waals surface area contributed by atoms with Crippen molar-refractivity contribution in [3.8, 4) is 0 Å². The third-order valence-electron chi connectivity index (χ3n) is 5.90. The molecule has 0 spiro atoms. The maximum absolute atomic E-state index is 12.7. The second-order valence-corrected chi connectivity index (χ2v) is 7.83. The van der Waals surface area contributed by atoms with Crippen LogP contribution in [-0.4, -0.2) is 62.1 Å². The fourth-order valence-electron chi connectivity index (χ4n) is 4.54. The molecule has 0 aromatic heterocycles. The van der Waals surface area contributed by atoms with E-state index in [0.717, 1.165) is 38.4 Å². The number of carbonyl (C=O) groups is 2. The van der Waals surface area contributed by atoms with E-state index >= 15 is 0 Å². The molecular weight excluding hydrogens is 483 g/mol. The number of imide groups is 1. The number of allylic oxidation sites excluding steroid dienone is 2. The largest absolute Gasteiger partial charge is 0.380 e. The highest BCUT2D eigenvalue weighted by molar-refractivity contribution is 14.0. The summed E-state index contributed by atoms with van der Waals surface area (Å²) in [6.07, 6.45) is 8.14. The lowest BCUT2D eigenvalue weighted by Gasteiger charge is -2.17. The first-order valence-corrected chi connectivity index (χ1v) is 10.8. The van der Waals surface area contributed by atoms with Gasteiger partial charge in [-0.25, -0.2) is 0 Å². The average Bonchev–Trinajstić information content (AvgIpc) is 3.36. The molecule has 3 aliphatic rings. The highest BCUT2D eigenvalue weighted by Crippen LogP contribution is 2.52. The van der Waals surface area contributed by atoms with Crippen LogP contribution in [0, 0.1) is 23.7 Å². The molecule has 2 aliphatic carbocycles. The summed E-state index contributed by atoms with van der Waals surface area (Å²) < 4.78 is 5.55. The molecule has 1 saturated heterocycles. The first-order chi connectivity index (χ1) is 13.7. The Balaban J connectivity index is 0.00000300. The second-order valence-electron chi connectivity index (χ2n) is 7.83. The van der Waals surface area contributed by atoms with Gasteiger partial charge in [-0.15, -0.1) is 24.0 Å². The van der Waals surface area contributed by atoms with Crippen molar-refractivity contribution >= 4 is 41.8 Å². The van der Waals surface area contributed by atoms with Crippen molar-refractivity contribution in [2.24, 2.45) is 28.7 Å². The highest BCUT2D eigenvalue weighted by Gasteiger charge is 2.58. The predicted octanol–water partition coefficient (Wildman–Crippen LogP) is 2.17. The number of amides is 2. The molecule has 3 rings (SSSR count). The number of hydrogen-bond acceptors (Lipinski definition) is 4. The van der Waals surface area contributed by atoms with E-state index in [1.54, 1.807) is 0 Å². The summed E-state index contributed by atoms with van der Waals surface area (Å²) in [5, 5.41) is 6.46. The maximum Gasteiger partial charge on any atom is 0.233 e. The van der Waals surface area contributed by atoms with Crippen LogP contribution in [-0.2, 0) is 14.3 Å². The van der Waals surface area contributed by atoms with E-state index in [-0.39, 0.29) is 59.5 Å². The smallest absolute Gasteiger partial charge is 0.233 e. The van der Waals surface area contributed by atoms with E-state index in [0.29, 0.717) is 32.7 Å². The maximum atomic E-state index is 12.7. The summed E-state index contributed by atoms with van der Waals surface area (Å²) in [4.78, 5) is 31.4. The van der Waals surface area contributed by atoms with E-state index in [1.807, 2.05) is 6.92 Å². The molecule has 1 aliphatic heterocycles. The molecule has 164 valence electrons. The Hall–Kier alpha value is -1.16. The predicted molar refractivity (Wildman–Crippen MR) is 124 cm³/mol. The first kappa shape index (κ1) is 24.1. The molecule has 1 saturated carbocycles. The molecule has 2 bridgehead atoms. The average molecular weight is 518 g/mol. The van der Waals surface area contributed by atoms with Gasteiger partial charge in [0.1, 0.15) is 0 Å². The van der Waals surface area contributed by atoms with E-state index in [4.69, 9.17) is 4.74 Å². The minimum atomic E-state index is -0.0994. The number of unbranched alkanes of at least 4 members (excludes halogenated alkanes) is 1. The number of rotatable bonds is 11. The molecule has 0 aromatic carbocycles. The number of fused-ring (bicyclic) bond motifs is 5. The van der Waals surface area contributed by atoms with Gasteiger partial charge in [-0.05, 0) is 38.0 Å². The zero-order chi connectivity index (χ0) is 19.9. The van der Waals surface area contributed by atoms with Gasteiger partial charge in [0.05, 0.1) is 18.4 Å². The number of nitrogens with zero attached hydrogens (tertiary/aromatic N) is 2. The van der Waals surface area contributed by atoms with E-state index in [9.17, 15) is 9.59 Å². The number of guanidine groups is 1. The Morgan fingerprint density at radius 1 is 1.10 bits per heavy atom. The fourth-order valence-corrected chi connectivity index (χ4v) is 4.54. The molecule has 2 N–H and O–H groups in total. The highest BCUT2D eigenvalue weighted by atomic mass is 127. The van der Waals surface area contributed by atoms with Crippen LogP contribution in [0.5, 0.6) is 0 Å². The third kappa shape index (κ3) is 5.71. The zero-order valence-electron chi connectivity index (χ0n) is 17.6. The quantitative estimate of drug-likeness (QED) is 0.109. The summed E-state index contributed by atoms with van der Waals surface area (Å²) in [7, 11) is 0. The summed E-state index contributed by atoms with van der Waals surface area (Å²) >= 11 is 0. The molecule has 7 nitrogen and oxygen atoms in total. The summed E-state index contributed by atoms with van der Waals surface area (Å²) in [6.45, 7) is 8.15. The normalized spacial score (nSPS) is 27.4. The molecule has 1 heterocycles. The minimum absolute atomic E-state index is 0. The number of halogens is 1. The van der Waals surface area contributed by atoms with Gasteiger partial charge in [0.2, 0.25) is 11.8 Å². The Labute approximate surface area is 191 Å². The zero-order valence-corrected chi connectivity index (χ0v) is 19.9. The lowest BCUT2D eigenvalue weighted by atomic mass is 9.85. The molecular formula is C21H35IN4O3. The Morgan fingerprint density at radius 2 is 1.79 bits per heavy atom. The molecule has 0 radical (unpaired) electrons. The lowest BCUT2D eigenvalue weighted by molar-refractivity contribution is -0.140. The summed E-state index contributed by atoms with van der Waals surface area (Å²) in [5.41, 5.74) is 0. The van der Waals surface area contributed by atoms with Gasteiger partial charge in [-0.3, -0.25) is 19.5 Å². The topological polar surface area (TPSA) is 83.0 Å². The number of nitrogens with one attached hydrogen (secondary N) is 2. The molecule has 8 heteroatoms. The second kappa shape index (κ2) is 11.9. The van der Waals surface area contributed by atoms with Gasteiger partial charge in [0, 0.05) is 32.8 Å². The fraction of sp³-hybridized carbons (Fsp3) is 0.762. The number of ether oxygens (including phenoxy) is 1. The summed E-state index contributed by atoms with van der Waals surface area (Å²) in [6, 6.07) is 0. The van der Waals surface area contributed by atoms with Crippen molar-refractivity contribution in [2.75, 3.05) is 39.4 Å². The Morgan fingerprint density at radius 3 is 2.41 bits per heavy atom. The van der Waals surface area contributed by atoms with Gasteiger partial charge in [0.15, 0.2) is 5.96 Å². The standard InChI is InChI=1S/C21H34N4O3.HI/c1-3-5-12-28-13-10-24-21(22-4-2)23-9-6-11-25-19(26)17-15-7-8-16(14-15)18(17)20(25)27;/h7-8,15-18H,3-6,9-14H2,1-2H3,(H2,22,23,24);1H. The van der Waals surface area contributed by atoms with E-state index in [2.05, 4.69) is 34.7 Å². The molecule has 2 amide bonds. The van der Waals surface area contributed by atoms with Crippen molar-refractivity contribution < 1.29 is 14.3 Å². The molecule has 4 atom stereocenters. The van der Waals surface area contributed by atoms with E-state index in [1.165, 1.54) is 4.90 Å². The van der Waals surface area contributed by atoms with Crippen molar-refractivity contribution in [3.63, 3.8) is 0 Å². The molecule has 4 unspecified atom stereocenters. The third-order valence-corrected chi connectivity index (χ3v) is 5.90. The van der Waals surface area contributed by atoms with Gasteiger partial charge >= 0.3 is 0 Å². The molecule has 29 heavy (non-hydrogen) atoms. The van der Waals surface area contributed by atoms with E-state index < -0.39 is 0 Å². The van der Waals surface area contributed by atoms with Crippen LogP contribution >= 0.6 is 24.0 Å². The van der Waals surface area contributed by atoms with Crippen LogP contribution in [0.1, 0.15) is 39.5 Å². The van der Waals surface area contributed by atoms with Crippen LogP contribution in [0.2, 0.25) is 0 Å². The molecule has 0 aromatic rings. The van der Waals surface area contributed by atoms with Crippen molar-refractivity contribution in [1.82, 2.24) is 15.5 Å². The first-order valence-electron chi connectivity index (χ1n) is 10.8. The monoisotopic (exact) mass is 518 g/mol. The minimum Gasteiger partial charge on any atom is -0.380 e. The van der Waals surface area contributed by atoms with Gasteiger partial charge in [-0.2, -0.15) is 0 Å². The number of aliphatic imine (C=N–C) groups is 1. The van der Waals surface area contributed by atoms with Crippen LogP contribution in [0.4, 0.5) is 0 Å².